The number of Topliss-reactive ketones (excluding diaryl/α,β-unsaturated/α-hetero) is 1. The smallest absolute Gasteiger partial charge is 0.181 e. The van der Waals surface area contributed by atoms with E-state index in [2.05, 4.69) is 19.9 Å². The summed E-state index contributed by atoms with van der Waals surface area (Å²) in [7, 11) is 0. The Morgan fingerprint density at radius 2 is 1.90 bits per heavy atom. The van der Waals surface area contributed by atoms with E-state index < -0.39 is 0 Å². The van der Waals surface area contributed by atoms with Gasteiger partial charge in [-0.3, -0.25) is 9.78 Å². The highest BCUT2D eigenvalue weighted by atomic mass is 16.5. The molecule has 1 fully saturated rings. The minimum atomic E-state index is 0.0187. The van der Waals surface area contributed by atoms with Crippen LogP contribution in [0.2, 0.25) is 0 Å². The van der Waals surface area contributed by atoms with Crippen LogP contribution >= 0.6 is 0 Å². The average molecular weight is 400 g/mol. The minimum Gasteiger partial charge on any atom is -0.444 e. The second-order valence-electron chi connectivity index (χ2n) is 7.21. The number of nitrogens with zero attached hydrogens (tertiary/aromatic N) is 4. The molecule has 0 amide bonds. The van der Waals surface area contributed by atoms with Gasteiger partial charge < -0.3 is 14.1 Å². The highest BCUT2D eigenvalue weighted by Crippen LogP contribution is 2.24. The first-order valence-electron chi connectivity index (χ1n) is 9.86. The molecule has 4 heterocycles. The molecular weight excluding hydrogens is 380 g/mol. The number of carbonyl (C=O) groups is 1. The third-order valence-corrected chi connectivity index (χ3v) is 5.24. The van der Waals surface area contributed by atoms with Crippen molar-refractivity contribution in [3.05, 3.63) is 72.6 Å². The molecule has 0 unspecified atom stereocenters. The number of aromatic nitrogens is 3. The van der Waals surface area contributed by atoms with Crippen LogP contribution in [0, 0.1) is 0 Å². The summed E-state index contributed by atoms with van der Waals surface area (Å²) < 4.78 is 10.8. The summed E-state index contributed by atoms with van der Waals surface area (Å²) in [5.41, 5.74) is 2.31. The highest BCUT2D eigenvalue weighted by molar-refractivity contribution is 5.98. The van der Waals surface area contributed by atoms with Crippen LogP contribution in [0.4, 0.5) is 5.82 Å². The van der Waals surface area contributed by atoms with E-state index >= 15 is 0 Å². The van der Waals surface area contributed by atoms with E-state index in [4.69, 9.17) is 9.15 Å². The van der Waals surface area contributed by atoms with Crippen LogP contribution in [-0.4, -0.2) is 47.0 Å². The average Bonchev–Trinajstić information content (AvgIpc) is 3.34. The van der Waals surface area contributed by atoms with Crippen LogP contribution in [0.1, 0.15) is 16.1 Å². The van der Waals surface area contributed by atoms with Crippen molar-refractivity contribution < 1.29 is 13.9 Å². The van der Waals surface area contributed by atoms with Gasteiger partial charge in [0.15, 0.2) is 17.9 Å². The number of fused-ring (bicyclic) bond motifs is 1. The number of ether oxygens (including phenoxy) is 1. The molecule has 5 rings (SSSR count). The van der Waals surface area contributed by atoms with Crippen molar-refractivity contribution in [2.24, 2.45) is 0 Å². The first kappa shape index (κ1) is 18.4. The summed E-state index contributed by atoms with van der Waals surface area (Å²) in [6.45, 7) is 2.92. The molecule has 30 heavy (non-hydrogen) atoms. The normalized spacial score (nSPS) is 14.2. The zero-order valence-corrected chi connectivity index (χ0v) is 16.3. The van der Waals surface area contributed by atoms with E-state index in [0.717, 1.165) is 40.9 Å². The maximum absolute atomic E-state index is 12.9. The molecule has 0 atom stereocenters. The van der Waals surface area contributed by atoms with Crippen molar-refractivity contribution in [3.63, 3.8) is 0 Å². The molecule has 0 spiro atoms. The Morgan fingerprint density at radius 1 is 1.00 bits per heavy atom. The van der Waals surface area contributed by atoms with E-state index in [1.165, 1.54) is 6.39 Å². The first-order chi connectivity index (χ1) is 14.8. The van der Waals surface area contributed by atoms with E-state index in [1.54, 1.807) is 24.7 Å². The molecule has 7 heteroatoms. The maximum atomic E-state index is 12.9. The fourth-order valence-corrected chi connectivity index (χ4v) is 3.62. The van der Waals surface area contributed by atoms with Gasteiger partial charge in [0.2, 0.25) is 0 Å². The Hall–Kier alpha value is -3.58. The quantitative estimate of drug-likeness (QED) is 0.474. The maximum Gasteiger partial charge on any atom is 0.181 e. The van der Waals surface area contributed by atoms with Crippen LogP contribution in [0.3, 0.4) is 0 Å². The molecule has 3 aromatic heterocycles. The van der Waals surface area contributed by atoms with E-state index in [-0.39, 0.29) is 12.2 Å². The molecule has 0 aliphatic carbocycles. The monoisotopic (exact) mass is 400 g/mol. The van der Waals surface area contributed by atoms with Gasteiger partial charge in [-0.1, -0.05) is 12.1 Å². The van der Waals surface area contributed by atoms with E-state index in [9.17, 15) is 4.79 Å². The molecule has 7 nitrogen and oxygen atoms in total. The predicted molar refractivity (Wildman–Crippen MR) is 113 cm³/mol. The number of pyridine rings is 2. The summed E-state index contributed by atoms with van der Waals surface area (Å²) in [5.74, 6) is 1.54. The van der Waals surface area contributed by atoms with Gasteiger partial charge in [-0.25, -0.2) is 9.97 Å². The summed E-state index contributed by atoms with van der Waals surface area (Å²) in [6, 6.07) is 11.6. The third kappa shape index (κ3) is 3.79. The van der Waals surface area contributed by atoms with Crippen LogP contribution in [0.15, 0.2) is 65.8 Å². The zero-order chi connectivity index (χ0) is 20.3. The molecule has 1 aromatic carbocycles. The van der Waals surface area contributed by atoms with Crippen molar-refractivity contribution >= 4 is 22.4 Å². The number of oxazole rings is 1. The lowest BCUT2D eigenvalue weighted by Gasteiger charge is -2.27. The lowest BCUT2D eigenvalue weighted by atomic mass is 10.0. The number of hydrogen-bond donors (Lipinski definition) is 0. The van der Waals surface area contributed by atoms with E-state index in [0.29, 0.717) is 24.5 Å². The zero-order valence-electron chi connectivity index (χ0n) is 16.3. The molecule has 1 aliphatic heterocycles. The van der Waals surface area contributed by atoms with Gasteiger partial charge in [0.1, 0.15) is 5.82 Å². The predicted octanol–water partition coefficient (Wildman–Crippen LogP) is 3.55. The van der Waals surface area contributed by atoms with Crippen LogP contribution in [0.5, 0.6) is 0 Å². The lowest BCUT2D eigenvalue weighted by Crippen LogP contribution is -2.36. The van der Waals surface area contributed by atoms with Gasteiger partial charge in [-0.2, -0.15) is 0 Å². The molecule has 1 aliphatic rings. The number of rotatable bonds is 5. The minimum absolute atomic E-state index is 0.0187. The molecule has 0 radical (unpaired) electrons. The van der Waals surface area contributed by atoms with Crippen molar-refractivity contribution in [3.8, 4) is 11.3 Å². The van der Waals surface area contributed by atoms with Gasteiger partial charge in [-0.05, 0) is 29.7 Å². The Morgan fingerprint density at radius 3 is 2.73 bits per heavy atom. The fourth-order valence-electron chi connectivity index (χ4n) is 3.62. The SMILES string of the molecule is O=C(Cc1cc2cc(-c3cnco3)ccc2cn1)c1ccnc(N2CCOCC2)c1. The van der Waals surface area contributed by atoms with Gasteiger partial charge in [0.25, 0.3) is 0 Å². The molecule has 1 saturated heterocycles. The van der Waals surface area contributed by atoms with Gasteiger partial charge >= 0.3 is 0 Å². The number of ketones is 1. The van der Waals surface area contributed by atoms with Gasteiger partial charge in [0.05, 0.1) is 25.8 Å². The number of benzene rings is 1. The Kier molecular flexibility index (Phi) is 4.94. The Bertz CT molecular complexity index is 1180. The molecule has 0 bridgehead atoms. The number of hydrogen-bond acceptors (Lipinski definition) is 7. The Labute approximate surface area is 173 Å². The van der Waals surface area contributed by atoms with Crippen molar-refractivity contribution in [2.75, 3.05) is 31.2 Å². The Balaban J connectivity index is 1.37. The largest absolute Gasteiger partial charge is 0.444 e. The lowest BCUT2D eigenvalue weighted by molar-refractivity contribution is 0.0992. The second-order valence-corrected chi connectivity index (χ2v) is 7.21. The highest BCUT2D eigenvalue weighted by Gasteiger charge is 2.15. The topological polar surface area (TPSA) is 81.3 Å². The van der Waals surface area contributed by atoms with Crippen molar-refractivity contribution in [2.45, 2.75) is 6.42 Å². The van der Waals surface area contributed by atoms with Gasteiger partial charge in [0, 0.05) is 47.7 Å². The molecule has 150 valence electrons. The fraction of sp³-hybridized carbons (Fsp3) is 0.217. The van der Waals surface area contributed by atoms with Crippen LogP contribution in [-0.2, 0) is 11.2 Å². The number of anilines is 1. The molecule has 4 aromatic rings. The standard InChI is InChI=1S/C23H20N4O3/c28-21(16-3-4-25-23(11-16)27-5-7-29-8-6-27)12-20-10-19-9-17(22-14-24-15-30-22)1-2-18(19)13-26-20/h1-4,9-11,13-15H,5-8,12H2. The number of morpholine rings is 1. The summed E-state index contributed by atoms with van der Waals surface area (Å²) >= 11 is 0. The summed E-state index contributed by atoms with van der Waals surface area (Å²) in [6.07, 6.45) is 6.82. The summed E-state index contributed by atoms with van der Waals surface area (Å²) in [4.78, 5) is 27.9. The third-order valence-electron chi connectivity index (χ3n) is 5.24. The first-order valence-corrected chi connectivity index (χ1v) is 9.86. The molecule has 0 saturated carbocycles. The van der Waals surface area contributed by atoms with Crippen molar-refractivity contribution in [1.29, 1.82) is 0 Å². The van der Waals surface area contributed by atoms with Gasteiger partial charge in [-0.15, -0.1) is 0 Å². The van der Waals surface area contributed by atoms with Crippen molar-refractivity contribution in [1.82, 2.24) is 15.0 Å². The second kappa shape index (κ2) is 8.04. The number of carbonyl (C=O) groups excluding carboxylic acids is 1. The van der Waals surface area contributed by atoms with Crippen LogP contribution in [0.25, 0.3) is 22.1 Å². The summed E-state index contributed by atoms with van der Waals surface area (Å²) in [5, 5.41) is 2.01. The molecular formula is C23H20N4O3. The van der Waals surface area contributed by atoms with E-state index in [1.807, 2.05) is 30.3 Å². The van der Waals surface area contributed by atoms with Crippen LogP contribution < -0.4 is 4.90 Å². The molecule has 0 N–H and O–H groups in total.